The number of nitrogens with zero attached hydrogens (tertiary/aromatic N) is 1. The molecule has 0 aromatic heterocycles. The number of hydrogen-bond donors (Lipinski definition) is 2. The molecule has 1 aromatic carbocycles. The third-order valence-electron chi connectivity index (χ3n) is 4.48. The van der Waals surface area contributed by atoms with Gasteiger partial charge < -0.3 is 15.5 Å². The van der Waals surface area contributed by atoms with Crippen LogP contribution in [0.2, 0.25) is 0 Å². The van der Waals surface area contributed by atoms with Crippen molar-refractivity contribution in [3.05, 3.63) is 29.3 Å². The Morgan fingerprint density at radius 2 is 2.30 bits per heavy atom. The molecule has 0 saturated carbocycles. The van der Waals surface area contributed by atoms with Gasteiger partial charge in [0.05, 0.1) is 0 Å². The molecule has 0 aliphatic carbocycles. The standard InChI is InChI=1S/C16H23N3O/c1-17-16(20)15-6-2-3-10-19(15)14-7-4-5-12-8-9-18-11-13(12)14/h4-5,7,15,18H,2-3,6,8-11H2,1H3,(H,17,20). The Kier molecular flexibility index (Phi) is 3.92. The number of rotatable bonds is 2. The lowest BCUT2D eigenvalue weighted by Gasteiger charge is -2.38. The molecule has 1 atom stereocenters. The number of benzene rings is 1. The number of piperidine rings is 1. The molecule has 1 saturated heterocycles. The van der Waals surface area contributed by atoms with Gasteiger partial charge in [-0.25, -0.2) is 0 Å². The van der Waals surface area contributed by atoms with E-state index >= 15 is 0 Å². The van der Waals surface area contributed by atoms with Crippen molar-refractivity contribution in [2.45, 2.75) is 38.3 Å². The van der Waals surface area contributed by atoms with Crippen LogP contribution in [0.4, 0.5) is 5.69 Å². The Labute approximate surface area is 120 Å². The summed E-state index contributed by atoms with van der Waals surface area (Å²) in [6.07, 6.45) is 4.35. The van der Waals surface area contributed by atoms with Crippen molar-refractivity contribution in [1.29, 1.82) is 0 Å². The first-order valence-corrected chi connectivity index (χ1v) is 7.61. The minimum Gasteiger partial charge on any atom is -0.359 e. The van der Waals surface area contributed by atoms with Gasteiger partial charge in [0.2, 0.25) is 5.91 Å². The molecule has 2 heterocycles. The summed E-state index contributed by atoms with van der Waals surface area (Å²) in [6.45, 7) is 2.95. The zero-order valence-electron chi connectivity index (χ0n) is 12.1. The molecule has 108 valence electrons. The Hall–Kier alpha value is -1.55. The summed E-state index contributed by atoms with van der Waals surface area (Å²) in [7, 11) is 1.73. The first-order valence-electron chi connectivity index (χ1n) is 7.61. The SMILES string of the molecule is CNC(=O)C1CCCCN1c1cccc2c1CNCC2. The average Bonchev–Trinajstić information content (AvgIpc) is 2.53. The summed E-state index contributed by atoms with van der Waals surface area (Å²) >= 11 is 0. The van der Waals surface area contributed by atoms with Crippen molar-refractivity contribution >= 4 is 11.6 Å². The maximum absolute atomic E-state index is 12.2. The van der Waals surface area contributed by atoms with Crippen molar-refractivity contribution in [2.24, 2.45) is 0 Å². The van der Waals surface area contributed by atoms with E-state index in [1.54, 1.807) is 7.05 Å². The lowest BCUT2D eigenvalue weighted by atomic mass is 9.95. The van der Waals surface area contributed by atoms with E-state index in [-0.39, 0.29) is 11.9 Å². The Bertz CT molecular complexity index is 500. The van der Waals surface area contributed by atoms with E-state index in [2.05, 4.69) is 33.7 Å². The molecule has 1 aromatic rings. The Morgan fingerprint density at radius 1 is 1.40 bits per heavy atom. The van der Waals surface area contributed by atoms with Gasteiger partial charge in [-0.3, -0.25) is 4.79 Å². The highest BCUT2D eigenvalue weighted by molar-refractivity contribution is 5.85. The van der Waals surface area contributed by atoms with Gasteiger partial charge in [0.1, 0.15) is 6.04 Å². The van der Waals surface area contributed by atoms with E-state index in [4.69, 9.17) is 0 Å². The van der Waals surface area contributed by atoms with Crippen LogP contribution in [0.1, 0.15) is 30.4 Å². The van der Waals surface area contributed by atoms with Crippen LogP contribution in [0.15, 0.2) is 18.2 Å². The maximum Gasteiger partial charge on any atom is 0.242 e. The van der Waals surface area contributed by atoms with Gasteiger partial charge in [-0.2, -0.15) is 0 Å². The zero-order valence-corrected chi connectivity index (χ0v) is 12.1. The van der Waals surface area contributed by atoms with Crippen molar-refractivity contribution in [3.63, 3.8) is 0 Å². The molecule has 2 aliphatic rings. The summed E-state index contributed by atoms with van der Waals surface area (Å²) in [4.78, 5) is 14.5. The van der Waals surface area contributed by atoms with Gasteiger partial charge in [0, 0.05) is 25.8 Å². The van der Waals surface area contributed by atoms with Gasteiger partial charge in [0.25, 0.3) is 0 Å². The highest BCUT2D eigenvalue weighted by Gasteiger charge is 2.30. The van der Waals surface area contributed by atoms with E-state index in [1.165, 1.54) is 23.2 Å². The van der Waals surface area contributed by atoms with E-state index in [0.717, 1.165) is 38.9 Å². The molecule has 4 nitrogen and oxygen atoms in total. The first-order chi connectivity index (χ1) is 9.81. The van der Waals surface area contributed by atoms with E-state index in [0.29, 0.717) is 0 Å². The molecule has 1 fully saturated rings. The number of amides is 1. The van der Waals surface area contributed by atoms with E-state index < -0.39 is 0 Å². The second kappa shape index (κ2) is 5.83. The van der Waals surface area contributed by atoms with E-state index in [1.807, 2.05) is 0 Å². The smallest absolute Gasteiger partial charge is 0.242 e. The maximum atomic E-state index is 12.2. The van der Waals surface area contributed by atoms with Crippen molar-refractivity contribution in [2.75, 3.05) is 25.0 Å². The van der Waals surface area contributed by atoms with Crippen LogP contribution >= 0.6 is 0 Å². The van der Waals surface area contributed by atoms with E-state index in [9.17, 15) is 4.79 Å². The normalized spacial score (nSPS) is 22.2. The van der Waals surface area contributed by atoms with Crippen LogP contribution in [0.5, 0.6) is 0 Å². The molecule has 20 heavy (non-hydrogen) atoms. The molecule has 0 bridgehead atoms. The third-order valence-corrected chi connectivity index (χ3v) is 4.48. The highest BCUT2D eigenvalue weighted by Crippen LogP contribution is 2.31. The van der Waals surface area contributed by atoms with Crippen LogP contribution in [-0.4, -0.2) is 32.1 Å². The number of carbonyl (C=O) groups is 1. The molecular formula is C16H23N3O. The molecule has 3 rings (SSSR count). The largest absolute Gasteiger partial charge is 0.359 e. The van der Waals surface area contributed by atoms with Crippen molar-refractivity contribution in [3.8, 4) is 0 Å². The van der Waals surface area contributed by atoms with Crippen LogP contribution in [0, 0.1) is 0 Å². The van der Waals surface area contributed by atoms with Gasteiger partial charge in [-0.15, -0.1) is 0 Å². The molecule has 1 unspecified atom stereocenters. The topological polar surface area (TPSA) is 44.4 Å². The van der Waals surface area contributed by atoms with Gasteiger partial charge in [-0.05, 0) is 49.4 Å². The molecular weight excluding hydrogens is 250 g/mol. The number of fused-ring (bicyclic) bond motifs is 1. The number of likely N-dealkylation sites (N-methyl/N-ethyl adjacent to an activating group) is 1. The fourth-order valence-electron chi connectivity index (χ4n) is 3.42. The monoisotopic (exact) mass is 273 g/mol. The van der Waals surface area contributed by atoms with Crippen LogP contribution in [0.3, 0.4) is 0 Å². The molecule has 2 N–H and O–H groups in total. The van der Waals surface area contributed by atoms with Crippen LogP contribution in [0.25, 0.3) is 0 Å². The zero-order chi connectivity index (χ0) is 13.9. The molecule has 2 aliphatic heterocycles. The summed E-state index contributed by atoms with van der Waals surface area (Å²) in [5, 5.41) is 6.27. The second-order valence-corrected chi connectivity index (χ2v) is 5.66. The quantitative estimate of drug-likeness (QED) is 0.857. The predicted molar refractivity (Wildman–Crippen MR) is 80.9 cm³/mol. The first kappa shape index (κ1) is 13.4. The van der Waals surface area contributed by atoms with Crippen molar-refractivity contribution < 1.29 is 4.79 Å². The summed E-state index contributed by atoms with van der Waals surface area (Å²) in [5.41, 5.74) is 4.07. The summed E-state index contributed by atoms with van der Waals surface area (Å²) in [6, 6.07) is 6.52. The predicted octanol–water partition coefficient (Wildman–Crippen LogP) is 1.44. The number of anilines is 1. The van der Waals surface area contributed by atoms with Gasteiger partial charge in [0.15, 0.2) is 0 Å². The van der Waals surface area contributed by atoms with Crippen molar-refractivity contribution in [1.82, 2.24) is 10.6 Å². The van der Waals surface area contributed by atoms with Crippen LogP contribution < -0.4 is 15.5 Å². The second-order valence-electron chi connectivity index (χ2n) is 5.66. The highest BCUT2D eigenvalue weighted by atomic mass is 16.2. The Balaban J connectivity index is 1.95. The lowest BCUT2D eigenvalue weighted by molar-refractivity contribution is -0.122. The summed E-state index contributed by atoms with van der Waals surface area (Å²) < 4.78 is 0. The lowest BCUT2D eigenvalue weighted by Crippen LogP contribution is -2.49. The fraction of sp³-hybridized carbons (Fsp3) is 0.562. The third kappa shape index (κ3) is 2.40. The molecule has 0 radical (unpaired) electrons. The number of carbonyl (C=O) groups excluding carboxylic acids is 1. The minimum atomic E-state index is -0.0119. The Morgan fingerprint density at radius 3 is 3.15 bits per heavy atom. The van der Waals surface area contributed by atoms with Crippen LogP contribution in [-0.2, 0) is 17.8 Å². The minimum absolute atomic E-state index is 0.0119. The summed E-state index contributed by atoms with van der Waals surface area (Å²) in [5.74, 6) is 0.145. The number of nitrogens with one attached hydrogen (secondary N) is 2. The average molecular weight is 273 g/mol. The fourth-order valence-corrected chi connectivity index (χ4v) is 3.42. The van der Waals surface area contributed by atoms with Gasteiger partial charge in [-0.1, -0.05) is 12.1 Å². The number of hydrogen-bond acceptors (Lipinski definition) is 3. The molecule has 1 amide bonds. The molecule has 4 heteroatoms. The van der Waals surface area contributed by atoms with Gasteiger partial charge >= 0.3 is 0 Å². The molecule has 0 spiro atoms.